The van der Waals surface area contributed by atoms with Crippen LogP contribution in [0.4, 0.5) is 0 Å². The first-order chi connectivity index (χ1) is 8.38. The molecule has 2 heteroatoms. The Hall–Kier alpha value is -2.27. The van der Waals surface area contributed by atoms with Gasteiger partial charge < -0.3 is 9.58 Å². The highest BCUT2D eigenvalue weighted by Gasteiger charge is 1.99. The molecule has 0 aliphatic heterocycles. The highest BCUT2D eigenvalue weighted by Crippen LogP contribution is 2.21. The van der Waals surface area contributed by atoms with E-state index in [1.54, 1.807) is 0 Å². The molecule has 0 heterocycles. The Balaban J connectivity index is 2.09. The molecule has 0 saturated heterocycles. The molecule has 0 bridgehead atoms. The fraction of sp³-hybridized carbons (Fsp3) is 0.133. The summed E-state index contributed by atoms with van der Waals surface area (Å²) in [6.45, 7) is 7.30. The SMILES string of the molecule is [C-]#[N+]CCc1cccc(Oc2ccccc2)c1. The first-order valence-corrected chi connectivity index (χ1v) is 5.53. The summed E-state index contributed by atoms with van der Waals surface area (Å²) in [4.78, 5) is 3.35. The molecule has 2 rings (SSSR count). The lowest BCUT2D eigenvalue weighted by Crippen LogP contribution is -1.89. The number of hydrogen-bond acceptors (Lipinski definition) is 1. The zero-order valence-electron chi connectivity index (χ0n) is 9.47. The van der Waals surface area contributed by atoms with E-state index in [4.69, 9.17) is 11.3 Å². The molecule has 17 heavy (non-hydrogen) atoms. The molecule has 0 aliphatic rings. The second kappa shape index (κ2) is 5.72. The van der Waals surface area contributed by atoms with Gasteiger partial charge in [-0.2, -0.15) is 0 Å². The molecule has 0 aromatic heterocycles. The second-order valence-corrected chi connectivity index (χ2v) is 3.69. The molecule has 0 N–H and O–H groups in total. The van der Waals surface area contributed by atoms with Crippen molar-refractivity contribution in [3.63, 3.8) is 0 Å². The van der Waals surface area contributed by atoms with Crippen LogP contribution >= 0.6 is 0 Å². The summed E-state index contributed by atoms with van der Waals surface area (Å²) in [6, 6.07) is 17.6. The third kappa shape index (κ3) is 3.35. The average Bonchev–Trinajstić information content (AvgIpc) is 2.38. The first kappa shape index (κ1) is 11.2. The van der Waals surface area contributed by atoms with Crippen LogP contribution in [0.5, 0.6) is 11.5 Å². The van der Waals surface area contributed by atoms with E-state index in [0.29, 0.717) is 6.54 Å². The lowest BCUT2D eigenvalue weighted by molar-refractivity contribution is 0.482. The van der Waals surface area contributed by atoms with Gasteiger partial charge in [0.25, 0.3) is 0 Å². The molecule has 0 atom stereocenters. The van der Waals surface area contributed by atoms with Crippen LogP contribution in [0.1, 0.15) is 5.56 Å². The van der Waals surface area contributed by atoms with Gasteiger partial charge in [-0.15, -0.1) is 0 Å². The van der Waals surface area contributed by atoms with Crippen LogP contribution in [0.25, 0.3) is 4.85 Å². The van der Waals surface area contributed by atoms with Crippen molar-refractivity contribution < 1.29 is 4.74 Å². The van der Waals surface area contributed by atoms with Gasteiger partial charge in [0.2, 0.25) is 6.54 Å². The fourth-order valence-corrected chi connectivity index (χ4v) is 1.57. The van der Waals surface area contributed by atoms with E-state index in [0.717, 1.165) is 23.5 Å². The Labute approximate surface area is 101 Å². The maximum atomic E-state index is 6.78. The lowest BCUT2D eigenvalue weighted by Gasteiger charge is -2.06. The number of hydrogen-bond donors (Lipinski definition) is 0. The lowest BCUT2D eigenvalue weighted by atomic mass is 10.1. The largest absolute Gasteiger partial charge is 0.457 e. The molecule has 0 aliphatic carbocycles. The van der Waals surface area contributed by atoms with Crippen molar-refractivity contribution in [2.75, 3.05) is 6.54 Å². The molecule has 0 spiro atoms. The summed E-state index contributed by atoms with van der Waals surface area (Å²) >= 11 is 0. The van der Waals surface area contributed by atoms with E-state index in [-0.39, 0.29) is 0 Å². The van der Waals surface area contributed by atoms with Gasteiger partial charge in [-0.3, -0.25) is 0 Å². The van der Waals surface area contributed by atoms with Gasteiger partial charge in [-0.25, -0.2) is 6.57 Å². The number of para-hydroxylation sites is 1. The summed E-state index contributed by atoms with van der Waals surface area (Å²) in [7, 11) is 0. The molecule has 0 saturated carbocycles. The zero-order valence-corrected chi connectivity index (χ0v) is 9.47. The minimum Gasteiger partial charge on any atom is -0.457 e. The van der Waals surface area contributed by atoms with Crippen LogP contribution < -0.4 is 4.74 Å². The quantitative estimate of drug-likeness (QED) is 0.716. The van der Waals surface area contributed by atoms with Gasteiger partial charge in [-0.05, 0) is 29.8 Å². The van der Waals surface area contributed by atoms with E-state index >= 15 is 0 Å². The smallest absolute Gasteiger partial charge is 0.218 e. The number of nitrogens with zero attached hydrogens (tertiary/aromatic N) is 1. The van der Waals surface area contributed by atoms with E-state index in [9.17, 15) is 0 Å². The van der Waals surface area contributed by atoms with Crippen molar-refractivity contribution in [1.82, 2.24) is 0 Å². The Morgan fingerprint density at radius 3 is 2.47 bits per heavy atom. The summed E-state index contributed by atoms with van der Waals surface area (Å²) in [5.41, 5.74) is 1.13. The summed E-state index contributed by atoms with van der Waals surface area (Å²) in [5, 5.41) is 0. The van der Waals surface area contributed by atoms with Gasteiger partial charge in [0.1, 0.15) is 11.5 Å². The highest BCUT2D eigenvalue weighted by atomic mass is 16.5. The van der Waals surface area contributed by atoms with Gasteiger partial charge in [0, 0.05) is 6.42 Å². The summed E-state index contributed by atoms with van der Waals surface area (Å²) in [6.07, 6.45) is 0.773. The van der Waals surface area contributed by atoms with Crippen molar-refractivity contribution in [1.29, 1.82) is 0 Å². The van der Waals surface area contributed by atoms with E-state index in [2.05, 4.69) is 4.85 Å². The number of ether oxygens (including phenoxy) is 1. The predicted octanol–water partition coefficient (Wildman–Crippen LogP) is 3.94. The molecular formula is C15H13NO. The fourth-order valence-electron chi connectivity index (χ4n) is 1.57. The maximum Gasteiger partial charge on any atom is 0.218 e. The molecule has 2 nitrogen and oxygen atoms in total. The third-order valence-corrected chi connectivity index (χ3v) is 2.39. The van der Waals surface area contributed by atoms with Crippen molar-refractivity contribution in [2.45, 2.75) is 6.42 Å². The molecule has 0 unspecified atom stereocenters. The molecule has 0 fully saturated rings. The summed E-state index contributed by atoms with van der Waals surface area (Å²) < 4.78 is 5.72. The topological polar surface area (TPSA) is 13.6 Å². The number of rotatable bonds is 4. The monoisotopic (exact) mass is 223 g/mol. The first-order valence-electron chi connectivity index (χ1n) is 5.53. The Morgan fingerprint density at radius 1 is 0.941 bits per heavy atom. The van der Waals surface area contributed by atoms with Crippen LogP contribution in [-0.4, -0.2) is 6.54 Å². The Morgan fingerprint density at radius 2 is 1.71 bits per heavy atom. The maximum absolute atomic E-state index is 6.78. The highest BCUT2D eigenvalue weighted by molar-refractivity contribution is 5.34. The molecule has 2 aromatic rings. The van der Waals surface area contributed by atoms with Crippen molar-refractivity contribution in [3.05, 3.63) is 71.6 Å². The van der Waals surface area contributed by atoms with Gasteiger partial charge >= 0.3 is 0 Å². The van der Waals surface area contributed by atoms with Crippen molar-refractivity contribution in [3.8, 4) is 11.5 Å². The van der Waals surface area contributed by atoms with Crippen LogP contribution in [0.2, 0.25) is 0 Å². The van der Waals surface area contributed by atoms with Crippen LogP contribution in [0.3, 0.4) is 0 Å². The van der Waals surface area contributed by atoms with Crippen molar-refractivity contribution in [2.24, 2.45) is 0 Å². The van der Waals surface area contributed by atoms with E-state index < -0.39 is 0 Å². The van der Waals surface area contributed by atoms with Gasteiger partial charge in [-0.1, -0.05) is 30.3 Å². The van der Waals surface area contributed by atoms with Crippen LogP contribution in [0, 0.1) is 6.57 Å². The number of benzene rings is 2. The minimum absolute atomic E-state index is 0.523. The predicted molar refractivity (Wildman–Crippen MR) is 68.1 cm³/mol. The van der Waals surface area contributed by atoms with Gasteiger partial charge in [0.05, 0.1) is 0 Å². The molecule has 0 amide bonds. The van der Waals surface area contributed by atoms with E-state index in [1.807, 2.05) is 54.6 Å². The zero-order chi connectivity index (χ0) is 11.9. The normalized spacial score (nSPS) is 9.59. The molecule has 0 radical (unpaired) electrons. The van der Waals surface area contributed by atoms with Crippen LogP contribution in [0.15, 0.2) is 54.6 Å². The third-order valence-electron chi connectivity index (χ3n) is 2.39. The molecule has 84 valence electrons. The van der Waals surface area contributed by atoms with Crippen LogP contribution in [-0.2, 0) is 6.42 Å². The average molecular weight is 223 g/mol. The Kier molecular flexibility index (Phi) is 3.77. The standard InChI is InChI=1S/C15H13NO/c1-16-11-10-13-6-5-9-15(12-13)17-14-7-3-2-4-8-14/h2-9,12H,10-11H2. The molecule has 2 aromatic carbocycles. The molecular weight excluding hydrogens is 210 g/mol. The van der Waals surface area contributed by atoms with Crippen molar-refractivity contribution >= 4 is 0 Å². The van der Waals surface area contributed by atoms with E-state index in [1.165, 1.54) is 0 Å². The Bertz CT molecular complexity index is 514. The second-order valence-electron chi connectivity index (χ2n) is 3.69. The van der Waals surface area contributed by atoms with Gasteiger partial charge in [0.15, 0.2) is 0 Å². The summed E-state index contributed by atoms with van der Waals surface area (Å²) in [5.74, 6) is 1.65. The minimum atomic E-state index is 0.523.